The van der Waals surface area contributed by atoms with E-state index in [1.807, 2.05) is 13.0 Å². The molecule has 2 aromatic heterocycles. The molecule has 0 aliphatic heterocycles. The highest BCUT2D eigenvalue weighted by Gasteiger charge is 2.54. The summed E-state index contributed by atoms with van der Waals surface area (Å²) in [5.74, 6) is 4.42. The van der Waals surface area contributed by atoms with E-state index in [2.05, 4.69) is 10.2 Å². The monoisotopic (exact) mass is 358 g/mol. The Balaban J connectivity index is 1.27. The van der Waals surface area contributed by atoms with Gasteiger partial charge in [-0.2, -0.15) is 0 Å². The predicted octanol–water partition coefficient (Wildman–Crippen LogP) is 4.52. The van der Waals surface area contributed by atoms with Crippen molar-refractivity contribution in [1.82, 2.24) is 10.2 Å². The molecule has 2 heterocycles. The summed E-state index contributed by atoms with van der Waals surface area (Å²) in [6.45, 7) is 1.86. The number of carbonyl (C=O) groups excluding carboxylic acids is 1. The van der Waals surface area contributed by atoms with Crippen LogP contribution in [0.5, 0.6) is 0 Å². The second-order valence-corrected chi connectivity index (χ2v) is 9.10. The summed E-state index contributed by atoms with van der Waals surface area (Å²) in [6.07, 6.45) is 9.02. The smallest absolute Gasteiger partial charge is 0.277 e. The van der Waals surface area contributed by atoms with E-state index in [9.17, 15) is 4.79 Å². The maximum atomic E-state index is 13.0. The molecule has 0 amide bonds. The summed E-state index contributed by atoms with van der Waals surface area (Å²) >= 11 is 1.38. The number of nitrogens with zero attached hydrogens (tertiary/aromatic N) is 2. The van der Waals surface area contributed by atoms with Gasteiger partial charge in [0, 0.05) is 5.41 Å². The van der Waals surface area contributed by atoms with Gasteiger partial charge in [0.1, 0.15) is 11.5 Å². The van der Waals surface area contributed by atoms with Gasteiger partial charge in [-0.15, -0.1) is 10.2 Å². The maximum Gasteiger partial charge on any atom is 0.277 e. The third-order valence-electron chi connectivity index (χ3n) is 6.45. The molecule has 132 valence electrons. The Hall–Kier alpha value is -1.56. The Morgan fingerprint density at radius 1 is 1.20 bits per heavy atom. The van der Waals surface area contributed by atoms with Crippen molar-refractivity contribution in [2.45, 2.75) is 50.7 Å². The van der Waals surface area contributed by atoms with Crippen molar-refractivity contribution in [3.63, 3.8) is 0 Å². The topological polar surface area (TPSA) is 69.1 Å². The number of rotatable bonds is 5. The van der Waals surface area contributed by atoms with E-state index in [1.54, 1.807) is 6.26 Å². The number of thioether (sulfide) groups is 1. The lowest BCUT2D eigenvalue weighted by Gasteiger charge is -2.55. The molecular weight excluding hydrogens is 336 g/mol. The Kier molecular flexibility index (Phi) is 3.59. The second kappa shape index (κ2) is 5.73. The molecule has 0 N–H and O–H groups in total. The molecule has 0 atom stereocenters. The first kappa shape index (κ1) is 15.7. The number of hydrogen-bond acceptors (Lipinski definition) is 6. The van der Waals surface area contributed by atoms with Crippen LogP contribution in [-0.2, 0) is 4.79 Å². The molecule has 2 aromatic rings. The van der Waals surface area contributed by atoms with Gasteiger partial charge in [0.15, 0.2) is 0 Å². The van der Waals surface area contributed by atoms with Gasteiger partial charge in [-0.25, -0.2) is 0 Å². The number of aromatic nitrogens is 2. The predicted molar refractivity (Wildman–Crippen MR) is 93.1 cm³/mol. The lowest BCUT2D eigenvalue weighted by atomic mass is 9.48. The summed E-state index contributed by atoms with van der Waals surface area (Å²) in [7, 11) is 0. The molecule has 4 fully saturated rings. The van der Waals surface area contributed by atoms with Crippen LogP contribution in [0, 0.1) is 30.1 Å². The molecule has 4 aliphatic rings. The van der Waals surface area contributed by atoms with E-state index >= 15 is 0 Å². The van der Waals surface area contributed by atoms with Crippen molar-refractivity contribution in [2.75, 3.05) is 5.75 Å². The second-order valence-electron chi connectivity index (χ2n) is 8.17. The van der Waals surface area contributed by atoms with Gasteiger partial charge in [-0.3, -0.25) is 4.79 Å². The third-order valence-corrected chi connectivity index (χ3v) is 7.27. The molecule has 0 saturated heterocycles. The first-order valence-corrected chi connectivity index (χ1v) is 10.1. The van der Waals surface area contributed by atoms with Crippen molar-refractivity contribution < 1.29 is 13.6 Å². The van der Waals surface area contributed by atoms with Gasteiger partial charge in [-0.05, 0) is 69.3 Å². The van der Waals surface area contributed by atoms with E-state index < -0.39 is 0 Å². The van der Waals surface area contributed by atoms with Gasteiger partial charge in [0.05, 0.1) is 17.6 Å². The largest absolute Gasteiger partial charge is 0.469 e. The molecule has 6 heteroatoms. The number of hydrogen-bond donors (Lipinski definition) is 0. The van der Waals surface area contributed by atoms with Crippen LogP contribution in [0.1, 0.15) is 44.3 Å². The number of Topliss-reactive ketones (excluding diaryl/α,β-unsaturated/α-hetero) is 1. The first-order valence-electron chi connectivity index (χ1n) is 9.15. The molecule has 0 aromatic carbocycles. The van der Waals surface area contributed by atoms with Gasteiger partial charge in [0.25, 0.3) is 11.1 Å². The summed E-state index contributed by atoms with van der Waals surface area (Å²) < 4.78 is 11.0. The molecule has 0 radical (unpaired) electrons. The number of aryl methyl sites for hydroxylation is 1. The molecule has 0 unspecified atom stereocenters. The third kappa shape index (κ3) is 2.65. The lowest BCUT2D eigenvalue weighted by Crippen LogP contribution is -2.50. The Morgan fingerprint density at radius 3 is 2.48 bits per heavy atom. The van der Waals surface area contributed by atoms with E-state index in [0.717, 1.165) is 48.3 Å². The van der Waals surface area contributed by atoms with Crippen LogP contribution < -0.4 is 0 Å². The molecule has 0 spiro atoms. The zero-order valence-corrected chi connectivity index (χ0v) is 15.2. The fraction of sp³-hybridized carbons (Fsp3) is 0.632. The van der Waals surface area contributed by atoms with Crippen LogP contribution in [-0.4, -0.2) is 21.7 Å². The van der Waals surface area contributed by atoms with Crippen LogP contribution in [0.15, 0.2) is 26.4 Å². The Bertz CT molecular complexity index is 774. The quantitative estimate of drug-likeness (QED) is 0.732. The molecule has 5 nitrogen and oxygen atoms in total. The molecular formula is C19H22N2O3S. The zero-order chi connectivity index (χ0) is 17.0. The van der Waals surface area contributed by atoms with Crippen molar-refractivity contribution in [1.29, 1.82) is 0 Å². The summed E-state index contributed by atoms with van der Waals surface area (Å²) in [6, 6.07) is 1.82. The highest BCUT2D eigenvalue weighted by atomic mass is 32.2. The minimum Gasteiger partial charge on any atom is -0.469 e. The Labute approximate surface area is 150 Å². The van der Waals surface area contributed by atoms with Crippen LogP contribution in [0.25, 0.3) is 11.5 Å². The fourth-order valence-electron chi connectivity index (χ4n) is 5.72. The lowest BCUT2D eigenvalue weighted by molar-refractivity contribution is -0.141. The van der Waals surface area contributed by atoms with Crippen LogP contribution in [0.4, 0.5) is 0 Å². The summed E-state index contributed by atoms with van der Waals surface area (Å²) in [5, 5.41) is 8.63. The standard InChI is InChI=1S/C19H22N2O3S/c1-11-15(2-3-23-11)17-20-21-18(24-17)25-10-16(22)19-7-12-4-13(8-19)6-14(5-12)9-19/h2-3,12-14H,4-10H2,1H3. The van der Waals surface area contributed by atoms with Crippen LogP contribution in [0.2, 0.25) is 0 Å². The van der Waals surface area contributed by atoms with Gasteiger partial charge >= 0.3 is 0 Å². The molecule has 6 rings (SSSR count). The van der Waals surface area contributed by atoms with E-state index in [1.165, 1.54) is 31.0 Å². The summed E-state index contributed by atoms with van der Waals surface area (Å²) in [5.41, 5.74) is 0.762. The normalized spacial score (nSPS) is 33.1. The van der Waals surface area contributed by atoms with Crippen molar-refractivity contribution >= 4 is 17.5 Å². The minimum absolute atomic E-state index is 0.0499. The van der Waals surface area contributed by atoms with Gasteiger partial charge < -0.3 is 8.83 Å². The molecule has 4 bridgehead atoms. The number of carbonyl (C=O) groups is 1. The fourth-order valence-corrected chi connectivity index (χ4v) is 6.51. The summed E-state index contributed by atoms with van der Waals surface area (Å²) in [4.78, 5) is 13.0. The van der Waals surface area contributed by atoms with Gasteiger partial charge in [0.2, 0.25) is 0 Å². The zero-order valence-electron chi connectivity index (χ0n) is 14.4. The molecule has 25 heavy (non-hydrogen) atoms. The highest BCUT2D eigenvalue weighted by molar-refractivity contribution is 7.99. The van der Waals surface area contributed by atoms with E-state index in [4.69, 9.17) is 8.83 Å². The van der Waals surface area contributed by atoms with Gasteiger partial charge in [-0.1, -0.05) is 11.8 Å². The van der Waals surface area contributed by atoms with Crippen molar-refractivity contribution in [3.8, 4) is 11.5 Å². The maximum absolute atomic E-state index is 13.0. The Morgan fingerprint density at radius 2 is 1.88 bits per heavy atom. The molecule has 4 aliphatic carbocycles. The van der Waals surface area contributed by atoms with Crippen molar-refractivity contribution in [2.24, 2.45) is 23.2 Å². The van der Waals surface area contributed by atoms with Crippen LogP contribution in [0.3, 0.4) is 0 Å². The van der Waals surface area contributed by atoms with E-state index in [0.29, 0.717) is 22.6 Å². The first-order chi connectivity index (χ1) is 12.1. The molecule has 4 saturated carbocycles. The average molecular weight is 358 g/mol. The van der Waals surface area contributed by atoms with Crippen LogP contribution >= 0.6 is 11.8 Å². The van der Waals surface area contributed by atoms with Crippen molar-refractivity contribution in [3.05, 3.63) is 18.1 Å². The minimum atomic E-state index is -0.0499. The number of furan rings is 1. The highest BCUT2D eigenvalue weighted by Crippen LogP contribution is 2.60. The SMILES string of the molecule is Cc1occc1-c1nnc(SCC(=O)C23CC4CC(CC(C4)C2)C3)o1. The average Bonchev–Trinajstić information content (AvgIpc) is 3.19. The number of ketones is 1. The van der Waals surface area contributed by atoms with E-state index in [-0.39, 0.29) is 5.41 Å².